The molecule has 0 bridgehead atoms. The van der Waals surface area contributed by atoms with Crippen molar-refractivity contribution in [3.05, 3.63) is 211 Å². The van der Waals surface area contributed by atoms with Crippen LogP contribution in [-0.4, -0.2) is 24.9 Å². The third-order valence-corrected chi connectivity index (χ3v) is 11.9. The van der Waals surface area contributed by atoms with E-state index in [1.807, 2.05) is 78.9 Å². The summed E-state index contributed by atoms with van der Waals surface area (Å²) in [5.74, 6) is 2.58. The van der Waals surface area contributed by atoms with Crippen molar-refractivity contribution in [1.82, 2.24) is 24.9 Å². The summed E-state index contributed by atoms with van der Waals surface area (Å²) in [5, 5.41) is 2.55. The van der Waals surface area contributed by atoms with Crippen molar-refractivity contribution in [2.24, 2.45) is 0 Å². The Morgan fingerprint density at radius 2 is 0.770 bits per heavy atom. The molecule has 0 atom stereocenters. The normalized spacial score (nSPS) is 12.6. The summed E-state index contributed by atoms with van der Waals surface area (Å²) in [5.41, 5.74) is 14.8. The van der Waals surface area contributed by atoms with E-state index in [1.54, 1.807) is 0 Å². The highest BCUT2D eigenvalue weighted by molar-refractivity contribution is 6.02. The van der Waals surface area contributed by atoms with Crippen LogP contribution in [0.3, 0.4) is 0 Å². The number of benzene rings is 8. The van der Waals surface area contributed by atoms with Gasteiger partial charge in [0.25, 0.3) is 0 Å². The molecule has 5 nitrogen and oxygen atoms in total. The highest BCUT2D eigenvalue weighted by atomic mass is 15.0. The van der Waals surface area contributed by atoms with Crippen molar-refractivity contribution in [2.75, 3.05) is 0 Å². The summed E-state index contributed by atoms with van der Waals surface area (Å²) >= 11 is 0. The van der Waals surface area contributed by atoms with E-state index in [1.165, 1.54) is 33.0 Å². The van der Waals surface area contributed by atoms with E-state index >= 15 is 0 Å². The lowest BCUT2D eigenvalue weighted by molar-refractivity contribution is 0.661. The fraction of sp³-hybridized carbons (Fsp3) is 0.0536. The lowest BCUT2D eigenvalue weighted by Gasteiger charge is -2.22. The quantitative estimate of drug-likeness (QED) is 0.161. The third-order valence-electron chi connectivity index (χ3n) is 11.9. The first-order valence-corrected chi connectivity index (χ1v) is 20.7. The molecule has 0 spiro atoms. The molecule has 8 aromatic carbocycles. The van der Waals surface area contributed by atoms with E-state index in [2.05, 4.69) is 135 Å². The molecule has 2 heterocycles. The van der Waals surface area contributed by atoms with E-state index in [-0.39, 0.29) is 5.41 Å². The van der Waals surface area contributed by atoms with Crippen LogP contribution in [0.1, 0.15) is 25.0 Å². The molecule has 0 saturated carbocycles. The van der Waals surface area contributed by atoms with Crippen molar-refractivity contribution >= 4 is 10.8 Å². The predicted octanol–water partition coefficient (Wildman–Crippen LogP) is 13.8. The molecular formula is C56H39N5. The van der Waals surface area contributed by atoms with Gasteiger partial charge in [0.15, 0.2) is 23.3 Å². The average Bonchev–Trinajstić information content (AvgIpc) is 3.57. The molecule has 0 fully saturated rings. The van der Waals surface area contributed by atoms with Crippen LogP contribution in [0.4, 0.5) is 0 Å². The van der Waals surface area contributed by atoms with Crippen LogP contribution < -0.4 is 0 Å². The highest BCUT2D eigenvalue weighted by Gasteiger charge is 2.36. The highest BCUT2D eigenvalue weighted by Crippen LogP contribution is 2.52. The van der Waals surface area contributed by atoms with Crippen molar-refractivity contribution in [3.8, 4) is 90.3 Å². The summed E-state index contributed by atoms with van der Waals surface area (Å²) in [4.78, 5) is 25.3. The number of hydrogen-bond donors (Lipinski definition) is 0. The molecular weight excluding hydrogens is 743 g/mol. The lowest BCUT2D eigenvalue weighted by Crippen LogP contribution is -2.15. The van der Waals surface area contributed by atoms with Gasteiger partial charge < -0.3 is 0 Å². The maximum atomic E-state index is 5.23. The van der Waals surface area contributed by atoms with Crippen LogP contribution in [0.15, 0.2) is 200 Å². The van der Waals surface area contributed by atoms with Gasteiger partial charge in [0.05, 0.1) is 11.4 Å². The molecule has 0 unspecified atom stereocenters. The van der Waals surface area contributed by atoms with Gasteiger partial charge in [-0.1, -0.05) is 190 Å². The van der Waals surface area contributed by atoms with E-state index in [0.717, 1.165) is 55.9 Å². The van der Waals surface area contributed by atoms with E-state index in [4.69, 9.17) is 24.9 Å². The molecule has 288 valence electrons. The zero-order chi connectivity index (χ0) is 40.9. The van der Waals surface area contributed by atoms with Gasteiger partial charge in [-0.2, -0.15) is 0 Å². The minimum atomic E-state index is -0.167. The standard InChI is InChI=1S/C56H39N5/c1-56(2)47-31-29-36-16-12-13-27-45(36)51(47)46-30-28-43(34-48(46)56)50-35-49(57-52(58-50)37-17-6-3-7-18-37)42-25-14-23-40(32-42)41-24-15-26-44(33-41)55-60-53(38-19-8-4-9-20-38)59-54(61-55)39-21-10-5-11-22-39/h3-35H,1-2H3. The second-order valence-corrected chi connectivity index (χ2v) is 16.1. The Hall–Kier alpha value is -7.89. The zero-order valence-electron chi connectivity index (χ0n) is 33.8. The minimum Gasteiger partial charge on any atom is -0.228 e. The largest absolute Gasteiger partial charge is 0.228 e. The molecule has 2 aromatic heterocycles. The molecule has 0 saturated heterocycles. The van der Waals surface area contributed by atoms with Crippen LogP contribution in [-0.2, 0) is 5.41 Å². The third kappa shape index (κ3) is 6.57. The second kappa shape index (κ2) is 14.7. The predicted molar refractivity (Wildman–Crippen MR) is 249 cm³/mol. The number of rotatable bonds is 7. The van der Waals surface area contributed by atoms with E-state index < -0.39 is 0 Å². The van der Waals surface area contributed by atoms with Gasteiger partial charge in [-0.15, -0.1) is 0 Å². The van der Waals surface area contributed by atoms with Crippen molar-refractivity contribution in [2.45, 2.75) is 19.3 Å². The fourth-order valence-electron chi connectivity index (χ4n) is 8.76. The Balaban J connectivity index is 0.999. The maximum Gasteiger partial charge on any atom is 0.164 e. The molecule has 0 amide bonds. The zero-order valence-corrected chi connectivity index (χ0v) is 33.8. The first-order valence-electron chi connectivity index (χ1n) is 20.7. The van der Waals surface area contributed by atoms with Gasteiger partial charge >= 0.3 is 0 Å². The Kier molecular flexibility index (Phi) is 8.75. The molecule has 11 rings (SSSR count). The molecule has 5 heteroatoms. The second-order valence-electron chi connectivity index (χ2n) is 16.1. The first kappa shape index (κ1) is 36.2. The van der Waals surface area contributed by atoms with E-state index in [0.29, 0.717) is 23.3 Å². The summed E-state index contributed by atoms with van der Waals surface area (Å²) < 4.78 is 0. The van der Waals surface area contributed by atoms with E-state index in [9.17, 15) is 0 Å². The first-order chi connectivity index (χ1) is 30.0. The number of hydrogen-bond acceptors (Lipinski definition) is 5. The monoisotopic (exact) mass is 781 g/mol. The average molecular weight is 782 g/mol. The van der Waals surface area contributed by atoms with Crippen LogP contribution in [0.25, 0.3) is 101 Å². The van der Waals surface area contributed by atoms with Crippen LogP contribution in [0.2, 0.25) is 0 Å². The fourth-order valence-corrected chi connectivity index (χ4v) is 8.76. The van der Waals surface area contributed by atoms with Crippen molar-refractivity contribution in [3.63, 3.8) is 0 Å². The Labute approximate surface area is 355 Å². The summed E-state index contributed by atoms with van der Waals surface area (Å²) in [6.45, 7) is 4.67. The number of nitrogens with zero attached hydrogens (tertiary/aromatic N) is 5. The minimum absolute atomic E-state index is 0.167. The topological polar surface area (TPSA) is 64.5 Å². The summed E-state index contributed by atoms with van der Waals surface area (Å²) in [6.07, 6.45) is 0. The number of aromatic nitrogens is 5. The smallest absolute Gasteiger partial charge is 0.164 e. The Morgan fingerprint density at radius 1 is 0.311 bits per heavy atom. The van der Waals surface area contributed by atoms with Crippen LogP contribution in [0, 0.1) is 0 Å². The molecule has 0 N–H and O–H groups in total. The summed E-state index contributed by atoms with van der Waals surface area (Å²) in [7, 11) is 0. The molecule has 1 aliphatic carbocycles. The van der Waals surface area contributed by atoms with Gasteiger partial charge in [-0.3, -0.25) is 0 Å². The Bertz CT molecular complexity index is 3210. The molecule has 0 radical (unpaired) electrons. The molecule has 0 aliphatic heterocycles. The molecule has 10 aromatic rings. The van der Waals surface area contributed by atoms with Gasteiger partial charge in [-0.25, -0.2) is 24.9 Å². The van der Waals surface area contributed by atoms with Crippen LogP contribution in [0.5, 0.6) is 0 Å². The SMILES string of the molecule is CC1(C)c2cc(-c3cc(-c4cccc(-c5cccc(-c6nc(-c7ccccc7)nc(-c7ccccc7)n6)c5)c4)nc(-c4ccccc4)n3)ccc2-c2c1ccc1ccccc21. The van der Waals surface area contributed by atoms with Crippen molar-refractivity contribution in [1.29, 1.82) is 0 Å². The number of fused-ring (bicyclic) bond motifs is 5. The van der Waals surface area contributed by atoms with Crippen LogP contribution >= 0.6 is 0 Å². The maximum absolute atomic E-state index is 5.23. The molecule has 61 heavy (non-hydrogen) atoms. The molecule has 1 aliphatic rings. The van der Waals surface area contributed by atoms with Gasteiger partial charge in [0.1, 0.15) is 0 Å². The Morgan fingerprint density at radius 3 is 1.38 bits per heavy atom. The summed E-state index contributed by atoms with van der Waals surface area (Å²) in [6, 6.07) is 69.7. The van der Waals surface area contributed by atoms with Gasteiger partial charge in [0.2, 0.25) is 0 Å². The van der Waals surface area contributed by atoms with Gasteiger partial charge in [0, 0.05) is 38.8 Å². The van der Waals surface area contributed by atoms with Crippen molar-refractivity contribution < 1.29 is 0 Å². The van der Waals surface area contributed by atoms with Gasteiger partial charge in [-0.05, 0) is 68.4 Å². The lowest BCUT2D eigenvalue weighted by atomic mass is 9.81.